The van der Waals surface area contributed by atoms with Crippen molar-refractivity contribution in [2.75, 3.05) is 6.54 Å². The molecule has 7 heteroatoms. The number of alkyl halides is 3. The number of amides is 2. The maximum Gasteiger partial charge on any atom is 0.393 e. The molecule has 2 aliphatic rings. The van der Waals surface area contributed by atoms with Crippen LogP contribution in [0.2, 0.25) is 0 Å². The van der Waals surface area contributed by atoms with Gasteiger partial charge in [-0.25, -0.2) is 0 Å². The summed E-state index contributed by atoms with van der Waals surface area (Å²) in [7, 11) is 0. The van der Waals surface area contributed by atoms with Gasteiger partial charge in [0.25, 0.3) is 0 Å². The number of hydrogen-bond donors (Lipinski definition) is 2. The zero-order valence-electron chi connectivity index (χ0n) is 10.4. The van der Waals surface area contributed by atoms with Crippen LogP contribution < -0.4 is 10.6 Å². The van der Waals surface area contributed by atoms with Gasteiger partial charge in [0, 0.05) is 19.0 Å². The second-order valence-corrected chi connectivity index (χ2v) is 5.25. The van der Waals surface area contributed by atoms with Gasteiger partial charge in [-0.15, -0.1) is 0 Å². The molecule has 1 aliphatic heterocycles. The predicted octanol–water partition coefficient (Wildman–Crippen LogP) is 1.36. The molecule has 0 spiro atoms. The van der Waals surface area contributed by atoms with Gasteiger partial charge in [0.15, 0.2) is 0 Å². The van der Waals surface area contributed by atoms with Crippen molar-refractivity contribution in [2.45, 2.75) is 44.3 Å². The second kappa shape index (κ2) is 5.38. The summed E-state index contributed by atoms with van der Waals surface area (Å²) in [6.07, 6.45) is -2.56. The van der Waals surface area contributed by atoms with E-state index in [9.17, 15) is 22.8 Å². The highest BCUT2D eigenvalue weighted by Crippen LogP contribution is 2.37. The second-order valence-electron chi connectivity index (χ2n) is 5.25. The van der Waals surface area contributed by atoms with Gasteiger partial charge < -0.3 is 10.6 Å². The van der Waals surface area contributed by atoms with Crippen LogP contribution in [0, 0.1) is 11.8 Å². The first kappa shape index (κ1) is 14.1. The smallest absolute Gasteiger partial charge is 0.355 e. The van der Waals surface area contributed by atoms with Gasteiger partial charge in [-0.3, -0.25) is 9.59 Å². The Morgan fingerprint density at radius 2 is 1.95 bits per heavy atom. The largest absolute Gasteiger partial charge is 0.393 e. The summed E-state index contributed by atoms with van der Waals surface area (Å²) < 4.78 is 38.6. The van der Waals surface area contributed by atoms with E-state index in [1.165, 1.54) is 0 Å². The fourth-order valence-electron chi connectivity index (χ4n) is 2.79. The number of carbonyl (C=O) groups is 2. The Bertz CT molecular complexity index is 370. The summed E-state index contributed by atoms with van der Waals surface area (Å²) in [6.45, 7) is 0.216. The first-order chi connectivity index (χ1) is 8.88. The van der Waals surface area contributed by atoms with Gasteiger partial charge in [-0.05, 0) is 12.8 Å². The molecule has 2 N–H and O–H groups in total. The Kier molecular flexibility index (Phi) is 4.01. The lowest BCUT2D eigenvalue weighted by Gasteiger charge is -2.34. The lowest BCUT2D eigenvalue weighted by molar-refractivity contribution is -0.189. The van der Waals surface area contributed by atoms with Crippen LogP contribution >= 0.6 is 0 Å². The van der Waals surface area contributed by atoms with Crippen LogP contribution in [-0.4, -0.2) is 30.6 Å². The van der Waals surface area contributed by atoms with Crippen LogP contribution in [0.4, 0.5) is 13.2 Å². The molecule has 3 atom stereocenters. The van der Waals surface area contributed by atoms with E-state index in [1.54, 1.807) is 0 Å². The maximum atomic E-state index is 12.9. The number of halogens is 3. The van der Waals surface area contributed by atoms with Crippen molar-refractivity contribution in [3.8, 4) is 0 Å². The summed E-state index contributed by atoms with van der Waals surface area (Å²) in [5, 5.41) is 4.99. The molecule has 108 valence electrons. The summed E-state index contributed by atoms with van der Waals surface area (Å²) in [5.74, 6) is -2.67. The first-order valence-corrected chi connectivity index (χ1v) is 6.51. The SMILES string of the molecule is O=C1CC(C(=O)NC2CCCCC2C(F)(F)F)CN1. The summed E-state index contributed by atoms with van der Waals surface area (Å²) >= 11 is 0. The summed E-state index contributed by atoms with van der Waals surface area (Å²) in [4.78, 5) is 22.9. The third-order valence-corrected chi connectivity index (χ3v) is 3.86. The monoisotopic (exact) mass is 278 g/mol. The van der Waals surface area contributed by atoms with Gasteiger partial charge >= 0.3 is 6.18 Å². The van der Waals surface area contributed by atoms with Crippen molar-refractivity contribution in [3.63, 3.8) is 0 Å². The van der Waals surface area contributed by atoms with Gasteiger partial charge in [0.2, 0.25) is 11.8 Å². The van der Waals surface area contributed by atoms with E-state index < -0.39 is 30.0 Å². The molecular formula is C12H17F3N2O2. The van der Waals surface area contributed by atoms with Gasteiger partial charge in [-0.1, -0.05) is 12.8 Å². The molecule has 1 heterocycles. The minimum Gasteiger partial charge on any atom is -0.355 e. The maximum absolute atomic E-state index is 12.9. The van der Waals surface area contributed by atoms with E-state index in [0.717, 1.165) is 0 Å². The molecular weight excluding hydrogens is 261 g/mol. The molecule has 19 heavy (non-hydrogen) atoms. The average molecular weight is 278 g/mol. The molecule has 3 unspecified atom stereocenters. The standard InChI is InChI=1S/C12H17F3N2O2/c13-12(14,15)8-3-1-2-4-9(8)17-11(19)7-5-10(18)16-6-7/h7-9H,1-6H2,(H,16,18)(H,17,19). The molecule has 1 saturated heterocycles. The van der Waals surface area contributed by atoms with E-state index in [4.69, 9.17) is 0 Å². The Labute approximate surface area is 109 Å². The van der Waals surface area contributed by atoms with Crippen LogP contribution in [-0.2, 0) is 9.59 Å². The van der Waals surface area contributed by atoms with E-state index in [1.807, 2.05) is 0 Å². The van der Waals surface area contributed by atoms with Crippen molar-refractivity contribution in [1.29, 1.82) is 0 Å². The van der Waals surface area contributed by atoms with Crippen LogP contribution in [0.5, 0.6) is 0 Å². The number of hydrogen-bond acceptors (Lipinski definition) is 2. The molecule has 0 aromatic carbocycles. The van der Waals surface area contributed by atoms with Gasteiger partial charge in [0.1, 0.15) is 0 Å². The molecule has 4 nitrogen and oxygen atoms in total. The molecule has 2 fully saturated rings. The predicted molar refractivity (Wildman–Crippen MR) is 61.1 cm³/mol. The average Bonchev–Trinajstić information content (AvgIpc) is 2.75. The Balaban J connectivity index is 1.96. The Morgan fingerprint density at radius 3 is 2.53 bits per heavy atom. The van der Waals surface area contributed by atoms with Crippen molar-refractivity contribution in [1.82, 2.24) is 10.6 Å². The Hall–Kier alpha value is -1.27. The zero-order chi connectivity index (χ0) is 14.0. The molecule has 2 rings (SSSR count). The first-order valence-electron chi connectivity index (χ1n) is 6.51. The summed E-state index contributed by atoms with van der Waals surface area (Å²) in [5.41, 5.74) is 0. The number of nitrogens with one attached hydrogen (secondary N) is 2. The van der Waals surface area contributed by atoms with E-state index >= 15 is 0 Å². The van der Waals surface area contributed by atoms with Crippen molar-refractivity contribution in [2.24, 2.45) is 11.8 Å². The number of carbonyl (C=O) groups excluding carboxylic acids is 2. The fraction of sp³-hybridized carbons (Fsp3) is 0.833. The lowest BCUT2D eigenvalue weighted by atomic mass is 9.83. The molecule has 0 radical (unpaired) electrons. The highest BCUT2D eigenvalue weighted by Gasteiger charge is 2.46. The van der Waals surface area contributed by atoms with Crippen molar-refractivity contribution in [3.05, 3.63) is 0 Å². The normalized spacial score (nSPS) is 31.9. The topological polar surface area (TPSA) is 58.2 Å². The fourth-order valence-corrected chi connectivity index (χ4v) is 2.79. The molecule has 2 amide bonds. The van der Waals surface area contributed by atoms with Crippen LogP contribution in [0.3, 0.4) is 0 Å². The summed E-state index contributed by atoms with van der Waals surface area (Å²) in [6, 6.07) is -0.850. The van der Waals surface area contributed by atoms with Crippen LogP contribution in [0.25, 0.3) is 0 Å². The van der Waals surface area contributed by atoms with Crippen LogP contribution in [0.15, 0.2) is 0 Å². The van der Waals surface area contributed by atoms with E-state index in [-0.39, 0.29) is 25.3 Å². The quantitative estimate of drug-likeness (QED) is 0.801. The molecule has 1 saturated carbocycles. The highest BCUT2D eigenvalue weighted by atomic mass is 19.4. The molecule has 1 aliphatic carbocycles. The third-order valence-electron chi connectivity index (χ3n) is 3.86. The number of rotatable bonds is 2. The third kappa shape index (κ3) is 3.39. The highest BCUT2D eigenvalue weighted by molar-refractivity contribution is 5.89. The lowest BCUT2D eigenvalue weighted by Crippen LogP contribution is -2.49. The van der Waals surface area contributed by atoms with Crippen molar-refractivity contribution < 1.29 is 22.8 Å². The van der Waals surface area contributed by atoms with Crippen molar-refractivity contribution >= 4 is 11.8 Å². The van der Waals surface area contributed by atoms with E-state index in [2.05, 4.69) is 10.6 Å². The Morgan fingerprint density at radius 1 is 1.26 bits per heavy atom. The molecule has 0 bridgehead atoms. The molecule has 0 aromatic rings. The van der Waals surface area contributed by atoms with Gasteiger partial charge in [0.05, 0.1) is 11.8 Å². The zero-order valence-corrected chi connectivity index (χ0v) is 10.4. The minimum atomic E-state index is -4.28. The van der Waals surface area contributed by atoms with Crippen LogP contribution in [0.1, 0.15) is 32.1 Å². The van der Waals surface area contributed by atoms with Gasteiger partial charge in [-0.2, -0.15) is 13.2 Å². The molecule has 0 aromatic heterocycles. The van der Waals surface area contributed by atoms with E-state index in [0.29, 0.717) is 19.3 Å². The minimum absolute atomic E-state index is 0.0647.